The smallest absolute Gasteiger partial charge is 0.336 e. The molecule has 0 amide bonds. The van der Waals surface area contributed by atoms with Crippen molar-refractivity contribution in [2.24, 2.45) is 0 Å². The van der Waals surface area contributed by atoms with Crippen LogP contribution in [0.2, 0.25) is 0 Å². The zero-order valence-corrected chi connectivity index (χ0v) is 13.3. The maximum atomic E-state index is 11.3. The number of hydrogen-bond donors (Lipinski definition) is 4. The van der Waals surface area contributed by atoms with Crippen LogP contribution in [0.4, 0.5) is 0 Å². The fourth-order valence-corrected chi connectivity index (χ4v) is 2.39. The number of hydrogen-bond acceptors (Lipinski definition) is 4. The van der Waals surface area contributed by atoms with Gasteiger partial charge in [0.2, 0.25) is 0 Å². The quantitative estimate of drug-likeness (QED) is 0.335. The van der Waals surface area contributed by atoms with E-state index < -0.39 is 46.1 Å². The molecule has 2 rings (SSSR count). The predicted octanol–water partition coefficient (Wildman–Crippen LogP) is 1.55. The lowest BCUT2D eigenvalue weighted by Gasteiger charge is -2.06. The van der Waals surface area contributed by atoms with Gasteiger partial charge in [-0.25, -0.2) is 19.2 Å². The van der Waals surface area contributed by atoms with E-state index in [0.717, 1.165) is 24.3 Å². The van der Waals surface area contributed by atoms with E-state index in [9.17, 15) is 24.7 Å². The number of carbonyl (C=O) groups is 4. The Balaban J connectivity index is 2.67. The summed E-state index contributed by atoms with van der Waals surface area (Å²) in [7, 11) is 0. The summed E-state index contributed by atoms with van der Waals surface area (Å²) in [4.78, 5) is 47.8. The van der Waals surface area contributed by atoms with E-state index in [2.05, 4.69) is 4.79 Å². The highest BCUT2D eigenvalue weighted by Gasteiger charge is 2.24. The summed E-state index contributed by atoms with van der Waals surface area (Å²) in [5.74, 6) is -6.00. The molecule has 10 heteroatoms. The third-order valence-corrected chi connectivity index (χ3v) is 3.61. The zero-order valence-electron chi connectivity index (χ0n) is 13.3. The van der Waals surface area contributed by atoms with Crippen molar-refractivity contribution in [3.63, 3.8) is 0 Å². The number of carboxylic acid groups (broad SMARTS) is 4. The Kier molecular flexibility index (Phi) is 5.14. The highest BCUT2D eigenvalue weighted by molar-refractivity contribution is 6.13. The molecule has 10 nitrogen and oxygen atoms in total. The van der Waals surface area contributed by atoms with Gasteiger partial charge < -0.3 is 26.0 Å². The Labute approximate surface area is 150 Å². The van der Waals surface area contributed by atoms with Gasteiger partial charge in [-0.05, 0) is 36.4 Å². The minimum absolute atomic E-state index is 0.0145. The predicted molar refractivity (Wildman–Crippen MR) is 87.6 cm³/mol. The summed E-state index contributed by atoms with van der Waals surface area (Å²) < 4.78 is 0. The Morgan fingerprint density at radius 1 is 0.630 bits per heavy atom. The molecule has 0 saturated carbocycles. The molecule has 0 heterocycles. The molecule has 0 unspecified atom stereocenters. The first-order valence-corrected chi connectivity index (χ1v) is 7.11. The maximum absolute atomic E-state index is 11.3. The molecular formula is C17H10N2O8. The second-order valence-electron chi connectivity index (χ2n) is 5.19. The molecular weight excluding hydrogens is 360 g/mol. The van der Waals surface area contributed by atoms with Crippen LogP contribution in [0.5, 0.6) is 0 Å². The molecule has 4 N–H and O–H groups in total. The van der Waals surface area contributed by atoms with Gasteiger partial charge in [0, 0.05) is 0 Å². The fraction of sp³-hybridized carbons (Fsp3) is 0. The van der Waals surface area contributed by atoms with Crippen LogP contribution in [0.3, 0.4) is 0 Å². The van der Waals surface area contributed by atoms with E-state index in [1.807, 2.05) is 0 Å². The number of nitrogens with zero attached hydrogens (tertiary/aromatic N) is 2. The van der Waals surface area contributed by atoms with Crippen LogP contribution in [-0.4, -0.2) is 54.8 Å². The maximum Gasteiger partial charge on any atom is 0.336 e. The van der Waals surface area contributed by atoms with Crippen LogP contribution >= 0.6 is 0 Å². The monoisotopic (exact) mass is 370 g/mol. The number of carboxylic acids is 4. The summed E-state index contributed by atoms with van der Waals surface area (Å²) in [5, 5.41) is 36.4. The second kappa shape index (κ2) is 7.30. The summed E-state index contributed by atoms with van der Waals surface area (Å²) >= 11 is 0. The van der Waals surface area contributed by atoms with E-state index in [-0.39, 0.29) is 16.8 Å². The molecule has 0 saturated heterocycles. The lowest BCUT2D eigenvalue weighted by atomic mass is 9.95. The van der Waals surface area contributed by atoms with Gasteiger partial charge in [0.25, 0.3) is 0 Å². The Bertz CT molecular complexity index is 973. The third kappa shape index (κ3) is 3.70. The van der Waals surface area contributed by atoms with Crippen molar-refractivity contribution in [2.45, 2.75) is 0 Å². The summed E-state index contributed by atoms with van der Waals surface area (Å²) in [6.45, 7) is 0. The van der Waals surface area contributed by atoms with E-state index in [1.54, 1.807) is 0 Å². The SMILES string of the molecule is [N-]=[N+]=C(c1ccc(C(=O)O)c(C(=O)O)c1)c1ccc(C(=O)O)c(C(=O)O)c1. The van der Waals surface area contributed by atoms with Gasteiger partial charge in [-0.2, -0.15) is 4.79 Å². The average Bonchev–Trinajstić information content (AvgIpc) is 2.61. The van der Waals surface area contributed by atoms with Crippen LogP contribution in [0.1, 0.15) is 52.6 Å². The molecule has 0 atom stereocenters. The summed E-state index contributed by atoms with van der Waals surface area (Å²) in [5.41, 5.74) is 6.90. The van der Waals surface area contributed by atoms with Crippen molar-refractivity contribution in [3.8, 4) is 0 Å². The van der Waals surface area contributed by atoms with Crippen LogP contribution in [-0.2, 0) is 0 Å². The van der Waals surface area contributed by atoms with Crippen LogP contribution in [0.15, 0.2) is 36.4 Å². The Hall–Kier alpha value is -4.30. The first kappa shape index (κ1) is 19.0. The van der Waals surface area contributed by atoms with Crippen molar-refractivity contribution in [1.29, 1.82) is 0 Å². The molecule has 2 aromatic rings. The zero-order chi connectivity index (χ0) is 20.3. The molecule has 0 aliphatic heterocycles. The minimum Gasteiger partial charge on any atom is -0.478 e. The highest BCUT2D eigenvalue weighted by Crippen LogP contribution is 2.19. The molecule has 0 bridgehead atoms. The van der Waals surface area contributed by atoms with Crippen molar-refractivity contribution >= 4 is 29.6 Å². The van der Waals surface area contributed by atoms with Gasteiger partial charge in [-0.15, -0.1) is 0 Å². The first-order valence-electron chi connectivity index (χ1n) is 7.11. The van der Waals surface area contributed by atoms with Crippen molar-refractivity contribution in [3.05, 3.63) is 75.3 Å². The fourth-order valence-electron chi connectivity index (χ4n) is 2.39. The molecule has 0 aliphatic carbocycles. The molecule has 0 radical (unpaired) electrons. The third-order valence-electron chi connectivity index (χ3n) is 3.61. The van der Waals surface area contributed by atoms with Gasteiger partial charge in [0.15, 0.2) is 0 Å². The van der Waals surface area contributed by atoms with Crippen LogP contribution in [0.25, 0.3) is 5.53 Å². The van der Waals surface area contributed by atoms with E-state index in [0.29, 0.717) is 0 Å². The van der Waals surface area contributed by atoms with E-state index in [4.69, 9.17) is 20.4 Å². The molecule has 136 valence electrons. The van der Waals surface area contributed by atoms with Crippen molar-refractivity contribution < 1.29 is 44.4 Å². The molecule has 0 aliphatic rings. The van der Waals surface area contributed by atoms with E-state index in [1.165, 1.54) is 12.1 Å². The largest absolute Gasteiger partial charge is 0.478 e. The standard InChI is InChI=1S/C17H10N2O8/c18-19-13(7-1-3-9(14(20)21)11(5-7)16(24)25)8-2-4-10(15(22)23)12(6-8)17(26)27/h1-6H,(H,20,21)(H,22,23)(H,24,25)(H,26,27). The van der Waals surface area contributed by atoms with Gasteiger partial charge in [-0.1, -0.05) is 0 Å². The molecule has 0 aromatic heterocycles. The first-order chi connectivity index (χ1) is 12.7. The molecule has 2 aromatic carbocycles. The number of rotatable bonds is 6. The molecule has 27 heavy (non-hydrogen) atoms. The van der Waals surface area contributed by atoms with Crippen molar-refractivity contribution in [1.82, 2.24) is 0 Å². The topological polar surface area (TPSA) is 186 Å². The molecule has 0 fully saturated rings. The van der Waals surface area contributed by atoms with Crippen LogP contribution in [0, 0.1) is 0 Å². The second-order valence-corrected chi connectivity index (χ2v) is 5.19. The molecule has 0 spiro atoms. The normalized spacial score (nSPS) is 9.93. The van der Waals surface area contributed by atoms with Crippen LogP contribution < -0.4 is 0 Å². The van der Waals surface area contributed by atoms with Gasteiger partial charge >= 0.3 is 29.6 Å². The Morgan fingerprint density at radius 2 is 0.963 bits per heavy atom. The average molecular weight is 370 g/mol. The lowest BCUT2D eigenvalue weighted by molar-refractivity contribution is -0.00282. The minimum atomic E-state index is -1.53. The number of benzene rings is 2. The van der Waals surface area contributed by atoms with Gasteiger partial charge in [-0.3, -0.25) is 0 Å². The van der Waals surface area contributed by atoms with Gasteiger partial charge in [0.1, 0.15) is 0 Å². The summed E-state index contributed by atoms with van der Waals surface area (Å²) in [6, 6.07) is 6.25. The Morgan fingerprint density at radius 3 is 1.22 bits per heavy atom. The van der Waals surface area contributed by atoms with Gasteiger partial charge in [0.05, 0.1) is 33.4 Å². The highest BCUT2D eigenvalue weighted by atomic mass is 16.4. The lowest BCUT2D eigenvalue weighted by Crippen LogP contribution is -2.14. The number of aromatic carboxylic acids is 4. The van der Waals surface area contributed by atoms with Crippen molar-refractivity contribution in [2.75, 3.05) is 0 Å². The van der Waals surface area contributed by atoms with E-state index >= 15 is 0 Å². The summed E-state index contributed by atoms with van der Waals surface area (Å²) in [6.07, 6.45) is 0.